The van der Waals surface area contributed by atoms with Crippen LogP contribution < -0.4 is 15.4 Å². The van der Waals surface area contributed by atoms with Crippen molar-refractivity contribution < 1.29 is 18.0 Å². The van der Waals surface area contributed by atoms with E-state index in [1.54, 1.807) is 19.1 Å². The van der Waals surface area contributed by atoms with Crippen LogP contribution in [-0.2, 0) is 16.4 Å². The highest BCUT2D eigenvalue weighted by Crippen LogP contribution is 2.17. The second-order valence-electron chi connectivity index (χ2n) is 7.61. The summed E-state index contributed by atoms with van der Waals surface area (Å²) < 4.78 is 26.9. The molecule has 1 aliphatic carbocycles. The van der Waals surface area contributed by atoms with E-state index in [1.165, 1.54) is 24.5 Å². The summed E-state index contributed by atoms with van der Waals surface area (Å²) in [5.74, 6) is -0.320. The Morgan fingerprint density at radius 2 is 1.72 bits per heavy atom. The zero-order chi connectivity index (χ0) is 22.3. The van der Waals surface area contributed by atoms with Crippen LogP contribution in [0, 0.1) is 6.92 Å². The number of aromatic nitrogens is 2. The molecule has 2 aromatic rings. The summed E-state index contributed by atoms with van der Waals surface area (Å²) in [6.07, 6.45) is 8.43. The Kier molecular flexibility index (Phi) is 9.40. The lowest BCUT2D eigenvalue weighted by molar-refractivity contribution is 0.0948. The lowest BCUT2D eigenvalue weighted by atomic mass is 9.96. The minimum Gasteiger partial charge on any atom is -0.350 e. The number of aryl methyl sites for hydroxylation is 1. The second kappa shape index (κ2) is 11.8. The topological polar surface area (TPSA) is 130 Å². The molecule has 174 valence electrons. The van der Waals surface area contributed by atoms with Crippen molar-refractivity contribution in [2.75, 3.05) is 6.54 Å². The van der Waals surface area contributed by atoms with E-state index < -0.39 is 16.1 Å². The van der Waals surface area contributed by atoms with E-state index >= 15 is 0 Å². The summed E-state index contributed by atoms with van der Waals surface area (Å²) in [6, 6.07) is 5.53. The van der Waals surface area contributed by atoms with E-state index in [1.807, 2.05) is 0 Å². The molecule has 3 rings (SSSR count). The van der Waals surface area contributed by atoms with Crippen molar-refractivity contribution in [3.8, 4) is 0 Å². The maximum absolute atomic E-state index is 12.4. The number of hydrogen-bond acceptors (Lipinski definition) is 6. The molecule has 0 aliphatic heterocycles. The van der Waals surface area contributed by atoms with Gasteiger partial charge in [0.15, 0.2) is 0 Å². The number of carbonyl (C=O) groups is 2. The average molecular weight is 482 g/mol. The SMILES string of the molecule is Cc1cnc(C(=O)NCCc2ccc(S(=O)(=O)NC(=O)NC3CCCCC3)cc2)cn1.Cl. The largest absolute Gasteiger partial charge is 0.350 e. The van der Waals surface area contributed by atoms with Gasteiger partial charge in [-0.3, -0.25) is 9.78 Å². The Hall–Kier alpha value is -2.72. The fourth-order valence-corrected chi connectivity index (χ4v) is 4.31. The van der Waals surface area contributed by atoms with E-state index in [4.69, 9.17) is 0 Å². The second-order valence-corrected chi connectivity index (χ2v) is 9.29. The van der Waals surface area contributed by atoms with Crippen LogP contribution in [0.3, 0.4) is 0 Å². The first-order valence-electron chi connectivity index (χ1n) is 10.3. The molecule has 0 saturated heterocycles. The van der Waals surface area contributed by atoms with Crippen molar-refractivity contribution in [3.05, 3.63) is 53.6 Å². The molecule has 1 aromatic heterocycles. The number of hydrogen-bond donors (Lipinski definition) is 3. The lowest BCUT2D eigenvalue weighted by Gasteiger charge is -2.22. The van der Waals surface area contributed by atoms with Gasteiger partial charge in [0.2, 0.25) is 0 Å². The molecule has 3 amide bonds. The highest BCUT2D eigenvalue weighted by Gasteiger charge is 2.21. The third-order valence-electron chi connectivity index (χ3n) is 5.11. The fourth-order valence-electron chi connectivity index (χ4n) is 3.40. The normalized spacial score (nSPS) is 14.2. The van der Waals surface area contributed by atoms with Gasteiger partial charge in [-0.1, -0.05) is 31.4 Å². The van der Waals surface area contributed by atoms with Gasteiger partial charge in [-0.2, -0.15) is 0 Å². The third-order valence-corrected chi connectivity index (χ3v) is 6.46. The number of sulfonamides is 1. The van der Waals surface area contributed by atoms with E-state index in [0.717, 1.165) is 43.4 Å². The summed E-state index contributed by atoms with van der Waals surface area (Å²) in [5.41, 5.74) is 1.82. The van der Waals surface area contributed by atoms with Crippen molar-refractivity contribution in [2.24, 2.45) is 0 Å². The Balaban J connectivity index is 0.00000363. The van der Waals surface area contributed by atoms with Gasteiger partial charge in [0, 0.05) is 18.8 Å². The number of nitrogens with zero attached hydrogens (tertiary/aromatic N) is 2. The maximum atomic E-state index is 12.4. The van der Waals surface area contributed by atoms with Crippen LogP contribution in [0.2, 0.25) is 0 Å². The first-order chi connectivity index (χ1) is 14.8. The minimum absolute atomic E-state index is 0. The molecule has 1 aromatic carbocycles. The quantitative estimate of drug-likeness (QED) is 0.557. The molecule has 0 radical (unpaired) electrons. The number of halogens is 1. The van der Waals surface area contributed by atoms with Gasteiger partial charge >= 0.3 is 6.03 Å². The number of urea groups is 1. The highest BCUT2D eigenvalue weighted by atomic mass is 35.5. The monoisotopic (exact) mass is 481 g/mol. The molecule has 1 saturated carbocycles. The minimum atomic E-state index is -3.95. The first kappa shape index (κ1) is 25.5. The summed E-state index contributed by atoms with van der Waals surface area (Å²) in [4.78, 5) is 32.2. The Morgan fingerprint density at radius 3 is 2.34 bits per heavy atom. The van der Waals surface area contributed by atoms with E-state index in [-0.39, 0.29) is 34.9 Å². The van der Waals surface area contributed by atoms with E-state index in [9.17, 15) is 18.0 Å². The highest BCUT2D eigenvalue weighted by molar-refractivity contribution is 7.90. The summed E-state index contributed by atoms with van der Waals surface area (Å²) in [5, 5.41) is 5.48. The van der Waals surface area contributed by atoms with Crippen LogP contribution in [0.4, 0.5) is 4.79 Å². The first-order valence-corrected chi connectivity index (χ1v) is 11.8. The molecular weight excluding hydrogens is 454 g/mol. The smallest absolute Gasteiger partial charge is 0.328 e. The van der Waals surface area contributed by atoms with Gasteiger partial charge in [-0.25, -0.2) is 22.9 Å². The molecule has 0 bridgehead atoms. The molecule has 1 fully saturated rings. The Labute approximate surface area is 194 Å². The van der Waals surface area contributed by atoms with Crippen LogP contribution in [0.5, 0.6) is 0 Å². The summed E-state index contributed by atoms with van der Waals surface area (Å²) in [6.45, 7) is 2.15. The van der Waals surface area contributed by atoms with Crippen molar-refractivity contribution >= 4 is 34.4 Å². The molecule has 1 aliphatic rings. The lowest BCUT2D eigenvalue weighted by Crippen LogP contribution is -2.45. The van der Waals surface area contributed by atoms with Gasteiger partial charge < -0.3 is 10.6 Å². The van der Waals surface area contributed by atoms with Gasteiger partial charge in [0.1, 0.15) is 5.69 Å². The number of rotatable bonds is 7. The van der Waals surface area contributed by atoms with Crippen molar-refractivity contribution in [3.63, 3.8) is 0 Å². The van der Waals surface area contributed by atoms with Crippen LogP contribution >= 0.6 is 12.4 Å². The average Bonchev–Trinajstić information content (AvgIpc) is 2.75. The summed E-state index contributed by atoms with van der Waals surface area (Å²) >= 11 is 0. The third kappa shape index (κ3) is 7.45. The molecule has 11 heteroatoms. The van der Waals surface area contributed by atoms with Gasteiger partial charge in [-0.05, 0) is 43.9 Å². The number of amides is 3. The van der Waals surface area contributed by atoms with Crippen LogP contribution in [0.15, 0.2) is 41.6 Å². The zero-order valence-corrected chi connectivity index (χ0v) is 19.5. The van der Waals surface area contributed by atoms with Crippen molar-refractivity contribution in [1.82, 2.24) is 25.3 Å². The van der Waals surface area contributed by atoms with Crippen molar-refractivity contribution in [1.29, 1.82) is 0 Å². The molecule has 0 unspecified atom stereocenters. The zero-order valence-electron chi connectivity index (χ0n) is 17.8. The van der Waals surface area contributed by atoms with E-state index in [2.05, 4.69) is 25.3 Å². The van der Waals surface area contributed by atoms with Gasteiger partial charge in [-0.15, -0.1) is 12.4 Å². The van der Waals surface area contributed by atoms with Crippen LogP contribution in [0.1, 0.15) is 53.8 Å². The molecule has 9 nitrogen and oxygen atoms in total. The molecule has 3 N–H and O–H groups in total. The number of carbonyl (C=O) groups excluding carboxylic acids is 2. The predicted octanol–water partition coefficient (Wildman–Crippen LogP) is 2.50. The maximum Gasteiger partial charge on any atom is 0.328 e. The van der Waals surface area contributed by atoms with Gasteiger partial charge in [0.25, 0.3) is 15.9 Å². The fraction of sp³-hybridized carbons (Fsp3) is 0.429. The number of benzene rings is 1. The summed E-state index contributed by atoms with van der Waals surface area (Å²) in [7, 11) is -3.95. The van der Waals surface area contributed by atoms with Crippen LogP contribution in [0.25, 0.3) is 0 Å². The molecule has 1 heterocycles. The van der Waals surface area contributed by atoms with Crippen molar-refractivity contribution in [2.45, 2.75) is 56.4 Å². The molecule has 0 spiro atoms. The molecular formula is C21H28ClN5O4S. The molecule has 0 atom stereocenters. The van der Waals surface area contributed by atoms with Crippen LogP contribution in [-0.4, -0.2) is 42.9 Å². The Bertz CT molecular complexity index is 1010. The van der Waals surface area contributed by atoms with Gasteiger partial charge in [0.05, 0.1) is 16.8 Å². The number of nitrogens with one attached hydrogen (secondary N) is 3. The standard InChI is InChI=1S/C21H27N5O4S.ClH/c1-15-13-24-19(14-23-15)20(27)22-12-11-16-7-9-18(10-8-16)31(29,30)26-21(28)25-17-5-3-2-4-6-17;/h7-10,13-14,17H,2-6,11-12H2,1H3,(H,22,27)(H2,25,26,28);1H. The van der Waals surface area contributed by atoms with E-state index in [0.29, 0.717) is 13.0 Å². The predicted molar refractivity (Wildman–Crippen MR) is 122 cm³/mol. The molecule has 32 heavy (non-hydrogen) atoms. The Morgan fingerprint density at radius 1 is 1.03 bits per heavy atom.